The van der Waals surface area contributed by atoms with Gasteiger partial charge in [0.2, 0.25) is 0 Å². The van der Waals surface area contributed by atoms with Gasteiger partial charge in [-0.15, -0.1) is 0 Å². The molecule has 0 aromatic rings. The fourth-order valence-electron chi connectivity index (χ4n) is 4.69. The van der Waals surface area contributed by atoms with E-state index in [1.165, 1.54) is 5.57 Å². The Hall–Kier alpha value is -0.670. The third-order valence-electron chi connectivity index (χ3n) is 6.37. The Bertz CT molecular complexity index is 455. The van der Waals surface area contributed by atoms with Gasteiger partial charge in [0.1, 0.15) is 5.60 Å². The summed E-state index contributed by atoms with van der Waals surface area (Å²) in [6.45, 7) is 5.98. The van der Waals surface area contributed by atoms with Crippen LogP contribution in [0, 0.1) is 22.7 Å². The van der Waals surface area contributed by atoms with Crippen molar-refractivity contribution in [1.82, 2.24) is 0 Å². The fraction of sp³-hybridized carbons (Fsp3) is 0.800. The Morgan fingerprint density at radius 1 is 1.44 bits per heavy atom. The minimum Gasteiger partial charge on any atom is -0.396 e. The summed E-state index contributed by atoms with van der Waals surface area (Å²) in [6.07, 6.45) is 4.14. The second-order valence-electron chi connectivity index (χ2n) is 6.97. The van der Waals surface area contributed by atoms with E-state index in [0.717, 1.165) is 6.42 Å². The molecule has 100 valence electrons. The largest absolute Gasteiger partial charge is 0.396 e. The van der Waals surface area contributed by atoms with E-state index in [1.807, 2.05) is 6.92 Å². The van der Waals surface area contributed by atoms with Gasteiger partial charge in [0.15, 0.2) is 5.78 Å². The highest BCUT2D eigenvalue weighted by atomic mass is 16.3. The molecule has 2 N–H and O–H groups in total. The number of carbonyl (C=O) groups excluding carboxylic acids is 1. The number of aliphatic hydroxyl groups excluding tert-OH is 1. The van der Waals surface area contributed by atoms with Crippen LogP contribution in [-0.2, 0) is 4.79 Å². The number of aliphatic hydroxyl groups is 2. The molecule has 2 fully saturated rings. The van der Waals surface area contributed by atoms with Crippen molar-refractivity contribution in [3.05, 3.63) is 11.6 Å². The van der Waals surface area contributed by atoms with Gasteiger partial charge in [-0.2, -0.15) is 0 Å². The number of allylic oxidation sites excluding steroid dienone is 2. The van der Waals surface area contributed by atoms with E-state index >= 15 is 0 Å². The smallest absolute Gasteiger partial charge is 0.165 e. The summed E-state index contributed by atoms with van der Waals surface area (Å²) < 4.78 is 0. The van der Waals surface area contributed by atoms with Gasteiger partial charge < -0.3 is 10.2 Å². The summed E-state index contributed by atoms with van der Waals surface area (Å²) in [5.74, 6) is 0.732. The molecule has 0 heterocycles. The molecule has 2 saturated carbocycles. The molecule has 0 saturated heterocycles. The molecule has 2 bridgehead atoms. The van der Waals surface area contributed by atoms with Crippen molar-refractivity contribution in [3.63, 3.8) is 0 Å². The van der Waals surface area contributed by atoms with Gasteiger partial charge in [0, 0.05) is 17.3 Å². The maximum Gasteiger partial charge on any atom is 0.165 e. The molecule has 3 aliphatic carbocycles. The summed E-state index contributed by atoms with van der Waals surface area (Å²) >= 11 is 0. The highest BCUT2D eigenvalue weighted by Gasteiger charge is 2.72. The summed E-state index contributed by atoms with van der Waals surface area (Å²) in [5.41, 5.74) is -1.14. The lowest BCUT2D eigenvalue weighted by molar-refractivity contribution is -0.162. The van der Waals surface area contributed by atoms with Crippen LogP contribution in [0.25, 0.3) is 0 Å². The molecule has 3 aliphatic rings. The van der Waals surface area contributed by atoms with E-state index in [1.54, 1.807) is 0 Å². The molecule has 0 amide bonds. The molecule has 5 atom stereocenters. The van der Waals surface area contributed by atoms with E-state index in [4.69, 9.17) is 0 Å². The van der Waals surface area contributed by atoms with Crippen LogP contribution < -0.4 is 0 Å². The lowest BCUT2D eigenvalue weighted by Crippen LogP contribution is -2.59. The summed E-state index contributed by atoms with van der Waals surface area (Å²) in [6, 6.07) is 0. The zero-order chi connectivity index (χ0) is 13.3. The van der Waals surface area contributed by atoms with Crippen molar-refractivity contribution >= 4 is 5.78 Å². The van der Waals surface area contributed by atoms with Gasteiger partial charge >= 0.3 is 0 Å². The maximum atomic E-state index is 12.3. The molecular formula is C15H22O3. The second kappa shape index (κ2) is 3.26. The van der Waals surface area contributed by atoms with Crippen LogP contribution in [-0.4, -0.2) is 28.2 Å². The number of hydrogen-bond acceptors (Lipinski definition) is 3. The van der Waals surface area contributed by atoms with Crippen molar-refractivity contribution in [3.8, 4) is 0 Å². The average molecular weight is 250 g/mol. The van der Waals surface area contributed by atoms with Crippen LogP contribution in [0.3, 0.4) is 0 Å². The number of rotatable bonds is 1. The molecule has 0 spiro atoms. The second-order valence-corrected chi connectivity index (χ2v) is 6.97. The number of Topliss-reactive ketones (excluding diaryl/α,β-unsaturated/α-hetero) is 1. The van der Waals surface area contributed by atoms with E-state index in [9.17, 15) is 15.0 Å². The van der Waals surface area contributed by atoms with Gasteiger partial charge in [-0.25, -0.2) is 0 Å². The van der Waals surface area contributed by atoms with Gasteiger partial charge in [0.25, 0.3) is 0 Å². The van der Waals surface area contributed by atoms with Crippen molar-refractivity contribution in [2.45, 2.75) is 45.6 Å². The zero-order valence-corrected chi connectivity index (χ0v) is 11.4. The number of hydrogen-bond donors (Lipinski definition) is 2. The summed E-state index contributed by atoms with van der Waals surface area (Å²) in [5, 5.41) is 20.7. The third-order valence-corrected chi connectivity index (χ3v) is 6.37. The average Bonchev–Trinajstić information content (AvgIpc) is 2.71. The molecule has 0 aromatic heterocycles. The number of ketones is 1. The molecular weight excluding hydrogens is 228 g/mol. The highest BCUT2D eigenvalue weighted by Crippen LogP contribution is 2.69. The molecule has 0 aliphatic heterocycles. The number of carbonyl (C=O) groups is 1. The molecule has 3 heteroatoms. The standard InChI is InChI=1S/C15H22O3/c1-9-4-5-11-10(9)6-15(18)12(17)7-13(11,2)14(15,3)8-16/h5,9-10,16,18H,4,6-8H2,1-3H3/t9-,10-,13+,14-,15-/m0/s1. The first-order valence-electron chi connectivity index (χ1n) is 6.87. The van der Waals surface area contributed by atoms with E-state index in [0.29, 0.717) is 24.7 Å². The minimum atomic E-state index is -1.34. The lowest BCUT2D eigenvalue weighted by atomic mass is 9.51. The van der Waals surface area contributed by atoms with Crippen LogP contribution in [0.1, 0.15) is 40.0 Å². The monoisotopic (exact) mass is 250 g/mol. The fourth-order valence-corrected chi connectivity index (χ4v) is 4.69. The molecule has 3 nitrogen and oxygen atoms in total. The molecule has 0 radical (unpaired) electrons. The van der Waals surface area contributed by atoms with Crippen LogP contribution >= 0.6 is 0 Å². The van der Waals surface area contributed by atoms with Crippen LogP contribution in [0.15, 0.2) is 11.6 Å². The molecule has 18 heavy (non-hydrogen) atoms. The Morgan fingerprint density at radius 3 is 2.72 bits per heavy atom. The van der Waals surface area contributed by atoms with Crippen molar-refractivity contribution < 1.29 is 15.0 Å². The summed E-state index contributed by atoms with van der Waals surface area (Å²) in [7, 11) is 0. The minimum absolute atomic E-state index is 0.0796. The van der Waals surface area contributed by atoms with E-state index in [2.05, 4.69) is 19.9 Å². The van der Waals surface area contributed by atoms with Crippen molar-refractivity contribution in [2.75, 3.05) is 6.61 Å². The Labute approximate surface area is 108 Å². The topological polar surface area (TPSA) is 57.5 Å². The first-order valence-corrected chi connectivity index (χ1v) is 6.87. The van der Waals surface area contributed by atoms with Crippen LogP contribution in [0.5, 0.6) is 0 Å². The van der Waals surface area contributed by atoms with Crippen molar-refractivity contribution in [2.24, 2.45) is 22.7 Å². The van der Waals surface area contributed by atoms with Gasteiger partial charge in [-0.3, -0.25) is 4.79 Å². The normalized spacial score (nSPS) is 54.5. The zero-order valence-electron chi connectivity index (χ0n) is 11.4. The van der Waals surface area contributed by atoms with Crippen LogP contribution in [0.4, 0.5) is 0 Å². The Morgan fingerprint density at radius 2 is 2.11 bits per heavy atom. The van der Waals surface area contributed by atoms with E-state index < -0.39 is 11.0 Å². The first-order chi connectivity index (χ1) is 8.30. The first kappa shape index (κ1) is 12.4. The molecule has 0 unspecified atom stereocenters. The Balaban J connectivity index is 2.20. The molecule has 0 aromatic carbocycles. The Kier molecular flexibility index (Phi) is 2.24. The van der Waals surface area contributed by atoms with E-state index in [-0.39, 0.29) is 17.8 Å². The predicted molar refractivity (Wildman–Crippen MR) is 67.8 cm³/mol. The lowest BCUT2D eigenvalue weighted by Gasteiger charge is -2.54. The van der Waals surface area contributed by atoms with Crippen LogP contribution in [0.2, 0.25) is 0 Å². The number of fused-ring (bicyclic) bond motifs is 4. The molecule has 3 rings (SSSR count). The predicted octanol–water partition coefficient (Wildman–Crippen LogP) is 1.68. The quantitative estimate of drug-likeness (QED) is 0.696. The highest BCUT2D eigenvalue weighted by molar-refractivity contribution is 5.93. The van der Waals surface area contributed by atoms with Gasteiger partial charge in [-0.1, -0.05) is 32.4 Å². The van der Waals surface area contributed by atoms with Gasteiger partial charge in [0.05, 0.1) is 6.61 Å². The van der Waals surface area contributed by atoms with Gasteiger partial charge in [-0.05, 0) is 24.7 Å². The third kappa shape index (κ3) is 1.03. The maximum absolute atomic E-state index is 12.3. The summed E-state index contributed by atoms with van der Waals surface area (Å²) in [4.78, 5) is 12.3. The SMILES string of the molecule is C[C@H]1CC=C2[C@H]1C[C@]1(O)C(=O)C[C@@]2(C)[C@]1(C)CO. The van der Waals surface area contributed by atoms with Crippen molar-refractivity contribution in [1.29, 1.82) is 0 Å².